The molecule has 0 radical (unpaired) electrons. The van der Waals surface area contributed by atoms with Gasteiger partial charge >= 0.3 is 6.03 Å². The Balaban J connectivity index is 1.49. The summed E-state index contributed by atoms with van der Waals surface area (Å²) in [7, 11) is 0. The first-order valence-electron chi connectivity index (χ1n) is 8.64. The van der Waals surface area contributed by atoms with Crippen molar-refractivity contribution in [2.45, 2.75) is 55.5 Å². The first-order valence-corrected chi connectivity index (χ1v) is 9.51. The van der Waals surface area contributed by atoms with Crippen LogP contribution in [0.4, 0.5) is 4.79 Å². The molecule has 2 heterocycles. The first kappa shape index (κ1) is 18.4. The third-order valence-electron chi connectivity index (χ3n) is 4.14. The topological polar surface area (TPSA) is 110 Å². The molecule has 1 aliphatic carbocycles. The van der Waals surface area contributed by atoms with E-state index >= 15 is 0 Å². The number of aromatic nitrogens is 3. The van der Waals surface area contributed by atoms with Gasteiger partial charge in [-0.1, -0.05) is 31.0 Å². The lowest BCUT2D eigenvalue weighted by atomic mass is 9.96. The van der Waals surface area contributed by atoms with Gasteiger partial charge in [0.25, 0.3) is 5.22 Å². The number of hydrogen-bond acceptors (Lipinski definition) is 7. The summed E-state index contributed by atoms with van der Waals surface area (Å²) < 4.78 is 5.54. The van der Waals surface area contributed by atoms with E-state index in [1.807, 2.05) is 0 Å². The molecule has 9 heteroatoms. The number of hydrogen-bond donors (Lipinski definition) is 2. The zero-order valence-electron chi connectivity index (χ0n) is 14.5. The lowest BCUT2D eigenvalue weighted by Crippen LogP contribution is -2.47. The van der Waals surface area contributed by atoms with E-state index in [9.17, 15) is 9.59 Å². The van der Waals surface area contributed by atoms with Crippen molar-refractivity contribution in [3.05, 3.63) is 24.5 Å². The number of imide groups is 1. The maximum absolute atomic E-state index is 12.2. The van der Waals surface area contributed by atoms with Crippen molar-refractivity contribution in [2.24, 2.45) is 0 Å². The number of rotatable bonds is 5. The van der Waals surface area contributed by atoms with Crippen LogP contribution in [0.25, 0.3) is 11.5 Å². The third-order valence-corrected chi connectivity index (χ3v) is 5.07. The van der Waals surface area contributed by atoms with Crippen LogP contribution in [0.5, 0.6) is 0 Å². The Hall–Kier alpha value is -2.42. The minimum atomic E-state index is -0.547. The SMILES string of the molecule is C[C@H](Sc1nnc(-c2cccnc2)o1)C(=O)NC(=O)NC1CCCCC1. The predicted octanol–water partition coefficient (Wildman–Crippen LogP) is 2.77. The highest BCUT2D eigenvalue weighted by Crippen LogP contribution is 2.25. The maximum Gasteiger partial charge on any atom is 0.321 e. The molecule has 2 N–H and O–H groups in total. The molecule has 0 saturated heterocycles. The van der Waals surface area contributed by atoms with Gasteiger partial charge in [-0.25, -0.2) is 4.79 Å². The number of amides is 3. The van der Waals surface area contributed by atoms with Gasteiger partial charge in [-0.05, 0) is 31.9 Å². The molecule has 1 atom stereocenters. The molecule has 0 spiro atoms. The number of carbonyl (C=O) groups is 2. The van der Waals surface area contributed by atoms with E-state index in [1.165, 1.54) is 6.42 Å². The van der Waals surface area contributed by atoms with Crippen molar-refractivity contribution in [1.29, 1.82) is 0 Å². The molecule has 3 rings (SSSR count). The molecule has 26 heavy (non-hydrogen) atoms. The van der Waals surface area contributed by atoms with Gasteiger partial charge in [-0.15, -0.1) is 10.2 Å². The molecule has 1 fully saturated rings. The average Bonchev–Trinajstić information content (AvgIpc) is 3.11. The fourth-order valence-corrected chi connectivity index (χ4v) is 3.43. The first-order chi connectivity index (χ1) is 12.6. The normalized spacial score (nSPS) is 16.0. The van der Waals surface area contributed by atoms with Crippen molar-refractivity contribution >= 4 is 23.7 Å². The summed E-state index contributed by atoms with van der Waals surface area (Å²) >= 11 is 1.10. The lowest BCUT2D eigenvalue weighted by Gasteiger charge is -2.22. The van der Waals surface area contributed by atoms with Gasteiger partial charge in [0.05, 0.1) is 10.8 Å². The van der Waals surface area contributed by atoms with E-state index < -0.39 is 17.2 Å². The van der Waals surface area contributed by atoms with Crippen molar-refractivity contribution < 1.29 is 14.0 Å². The number of nitrogens with one attached hydrogen (secondary N) is 2. The van der Waals surface area contributed by atoms with Gasteiger partial charge < -0.3 is 9.73 Å². The van der Waals surface area contributed by atoms with Crippen molar-refractivity contribution in [3.8, 4) is 11.5 Å². The second-order valence-electron chi connectivity index (χ2n) is 6.17. The molecule has 138 valence electrons. The number of thioether (sulfide) groups is 1. The molecule has 3 amide bonds. The van der Waals surface area contributed by atoms with Crippen molar-refractivity contribution in [2.75, 3.05) is 0 Å². The number of carbonyl (C=O) groups excluding carboxylic acids is 2. The number of nitrogens with zero attached hydrogens (tertiary/aromatic N) is 3. The Kier molecular flexibility index (Phi) is 6.21. The number of pyridine rings is 1. The predicted molar refractivity (Wildman–Crippen MR) is 96.4 cm³/mol. The monoisotopic (exact) mass is 375 g/mol. The van der Waals surface area contributed by atoms with Gasteiger partial charge in [-0.3, -0.25) is 15.1 Å². The molecule has 1 saturated carbocycles. The van der Waals surface area contributed by atoms with E-state index in [0.717, 1.165) is 37.4 Å². The summed E-state index contributed by atoms with van der Waals surface area (Å²) in [6.07, 6.45) is 8.63. The Morgan fingerprint density at radius 1 is 1.27 bits per heavy atom. The van der Waals surface area contributed by atoms with Crippen LogP contribution in [-0.4, -0.2) is 38.4 Å². The van der Waals surface area contributed by atoms with E-state index in [4.69, 9.17) is 4.42 Å². The van der Waals surface area contributed by atoms with Crippen LogP contribution in [0, 0.1) is 0 Å². The highest BCUT2D eigenvalue weighted by atomic mass is 32.2. The fourth-order valence-electron chi connectivity index (χ4n) is 2.75. The van der Waals surface area contributed by atoms with E-state index in [2.05, 4.69) is 25.8 Å². The molecule has 8 nitrogen and oxygen atoms in total. The largest absolute Gasteiger partial charge is 0.411 e. The molecule has 2 aromatic heterocycles. The smallest absolute Gasteiger partial charge is 0.321 e. The Labute approximate surface area is 155 Å². The molecular formula is C17H21N5O3S. The van der Waals surface area contributed by atoms with Gasteiger partial charge in [0.15, 0.2) is 0 Å². The summed E-state index contributed by atoms with van der Waals surface area (Å²) in [6.45, 7) is 1.68. The molecule has 0 unspecified atom stereocenters. The second kappa shape index (κ2) is 8.79. The van der Waals surface area contributed by atoms with Crippen LogP contribution < -0.4 is 10.6 Å². The second-order valence-corrected chi connectivity index (χ2v) is 7.46. The van der Waals surface area contributed by atoms with E-state index in [0.29, 0.717) is 11.5 Å². The van der Waals surface area contributed by atoms with Crippen LogP contribution in [0.15, 0.2) is 34.2 Å². The molecule has 2 aromatic rings. The average molecular weight is 375 g/mol. The Morgan fingerprint density at radius 2 is 2.08 bits per heavy atom. The number of urea groups is 1. The van der Waals surface area contributed by atoms with Crippen LogP contribution in [0.3, 0.4) is 0 Å². The van der Waals surface area contributed by atoms with Crippen molar-refractivity contribution in [1.82, 2.24) is 25.8 Å². The lowest BCUT2D eigenvalue weighted by molar-refractivity contribution is -0.119. The fraction of sp³-hybridized carbons (Fsp3) is 0.471. The zero-order valence-corrected chi connectivity index (χ0v) is 15.3. The summed E-state index contributed by atoms with van der Waals surface area (Å²) in [6, 6.07) is 3.28. The highest BCUT2D eigenvalue weighted by Gasteiger charge is 2.22. The minimum Gasteiger partial charge on any atom is -0.411 e. The highest BCUT2D eigenvalue weighted by molar-refractivity contribution is 8.00. The van der Waals surface area contributed by atoms with Gasteiger partial charge in [0.2, 0.25) is 11.8 Å². The van der Waals surface area contributed by atoms with E-state index in [1.54, 1.807) is 31.5 Å². The molecule has 0 aromatic carbocycles. The van der Waals surface area contributed by atoms with E-state index in [-0.39, 0.29) is 11.3 Å². The standard InChI is InChI=1S/C17H21N5O3S/c1-11(14(23)20-16(24)19-13-7-3-2-4-8-13)26-17-22-21-15(25-17)12-6-5-9-18-10-12/h5-6,9-11,13H,2-4,7-8H2,1H3,(H2,19,20,23,24)/t11-/m0/s1. The minimum absolute atomic E-state index is 0.150. The van der Waals surface area contributed by atoms with Crippen LogP contribution >= 0.6 is 11.8 Å². The quantitative estimate of drug-likeness (QED) is 0.773. The summed E-state index contributed by atoms with van der Waals surface area (Å²) in [5.41, 5.74) is 0.704. The Bertz CT molecular complexity index is 746. The molecule has 1 aliphatic rings. The maximum atomic E-state index is 12.2. The summed E-state index contributed by atoms with van der Waals surface area (Å²) in [5.74, 6) is -0.0623. The van der Waals surface area contributed by atoms with Gasteiger partial charge in [0.1, 0.15) is 0 Å². The molecule has 0 bridgehead atoms. The Morgan fingerprint density at radius 3 is 2.81 bits per heavy atom. The molecular weight excluding hydrogens is 354 g/mol. The van der Waals surface area contributed by atoms with Crippen LogP contribution in [0.1, 0.15) is 39.0 Å². The summed E-state index contributed by atoms with van der Waals surface area (Å²) in [4.78, 5) is 28.1. The van der Waals surface area contributed by atoms with Crippen LogP contribution in [-0.2, 0) is 4.79 Å². The molecule has 0 aliphatic heterocycles. The zero-order chi connectivity index (χ0) is 18.4. The summed E-state index contributed by atoms with van der Waals surface area (Å²) in [5, 5.41) is 12.8. The van der Waals surface area contributed by atoms with Gasteiger partial charge in [-0.2, -0.15) is 0 Å². The van der Waals surface area contributed by atoms with Crippen LogP contribution in [0.2, 0.25) is 0 Å². The van der Waals surface area contributed by atoms with Crippen molar-refractivity contribution in [3.63, 3.8) is 0 Å². The third kappa shape index (κ3) is 5.04. The van der Waals surface area contributed by atoms with Gasteiger partial charge in [0, 0.05) is 18.4 Å².